The molecule has 1 heterocycles. The fourth-order valence-corrected chi connectivity index (χ4v) is 8.27. The Balaban J connectivity index is 0.000000187. The molecule has 9 rings (SSSR count). The summed E-state index contributed by atoms with van der Waals surface area (Å²) in [5.74, 6) is 0. The average Bonchev–Trinajstić information content (AvgIpc) is 3.65. The van der Waals surface area contributed by atoms with Crippen molar-refractivity contribution in [2.24, 2.45) is 5.73 Å². The zero-order valence-electron chi connectivity index (χ0n) is 36.8. The van der Waals surface area contributed by atoms with E-state index in [1.807, 2.05) is 75.5 Å². The maximum absolute atomic E-state index is 5.66. The van der Waals surface area contributed by atoms with Gasteiger partial charge in [0.1, 0.15) is 0 Å². The lowest BCUT2D eigenvalue weighted by molar-refractivity contribution is 0.742. The predicted octanol–water partition coefficient (Wildman–Crippen LogP) is 15.5. The second-order valence-electron chi connectivity index (χ2n) is 14.4. The van der Waals surface area contributed by atoms with Gasteiger partial charge in [-0.05, 0) is 112 Å². The Hall–Kier alpha value is -7.03. The zero-order chi connectivity index (χ0) is 43.6. The molecule has 1 aliphatic carbocycles. The first-order chi connectivity index (χ1) is 30.0. The summed E-state index contributed by atoms with van der Waals surface area (Å²) in [5.41, 5.74) is 24.6. The molecule has 0 aliphatic heterocycles. The molecule has 0 saturated heterocycles. The van der Waals surface area contributed by atoms with Gasteiger partial charge in [0.15, 0.2) is 0 Å². The van der Waals surface area contributed by atoms with E-state index < -0.39 is 0 Å². The molecule has 8 aromatic rings. The lowest BCUT2D eigenvalue weighted by Gasteiger charge is -2.37. The summed E-state index contributed by atoms with van der Waals surface area (Å²) < 4.78 is 0. The van der Waals surface area contributed by atoms with Crippen LogP contribution in [0.15, 0.2) is 220 Å². The van der Waals surface area contributed by atoms with Crippen LogP contribution in [0.2, 0.25) is 0 Å². The van der Waals surface area contributed by atoms with Crippen molar-refractivity contribution in [1.29, 1.82) is 0 Å². The summed E-state index contributed by atoms with van der Waals surface area (Å²) >= 11 is 0. The molecule has 0 atom stereocenters. The molecule has 1 aliphatic rings. The Kier molecular flexibility index (Phi) is 16.5. The zero-order valence-corrected chi connectivity index (χ0v) is 36.8. The number of nitrogens with zero attached hydrogens (tertiary/aromatic N) is 1. The Bertz CT molecular complexity index is 2500. The monoisotopic (exact) mass is 796 g/mol. The highest BCUT2D eigenvalue weighted by atomic mass is 14.6. The van der Waals surface area contributed by atoms with Gasteiger partial charge in [-0.15, -0.1) is 13.2 Å². The van der Waals surface area contributed by atoms with Crippen LogP contribution in [-0.2, 0) is 11.8 Å². The standard InChI is InChI=1S/C29H26.C17H13N.C9H11N.C2H6.C2H4/c1-4-22-14-11-16-24-23-15-7-10-19-27(23)29(28(22)24,25-17-8-5-12-20(25)2)26-18-9-6-13-21(26)3;1-2-6-14(7-3-1)15-8-4-9-16(12-15)17-10-5-11-18-13-17;1-2-9(10)8-6-4-3-5-7-8;2*1-2/h5-19H,4H2,1-3H3;1-13H;2-7H,10H2,1H3;1-2H3;1-2H2/b;;9-2-;;. The molecule has 7 aromatic carbocycles. The number of fused-ring (bicyclic) bond motifs is 3. The molecule has 1 aromatic heterocycles. The van der Waals surface area contributed by atoms with Gasteiger partial charge >= 0.3 is 0 Å². The highest BCUT2D eigenvalue weighted by Crippen LogP contribution is 2.58. The number of pyridine rings is 1. The third-order valence-electron chi connectivity index (χ3n) is 11.0. The minimum atomic E-state index is -0.283. The van der Waals surface area contributed by atoms with E-state index in [2.05, 4.69) is 185 Å². The topological polar surface area (TPSA) is 38.9 Å². The van der Waals surface area contributed by atoms with Crippen LogP contribution in [0.3, 0.4) is 0 Å². The third-order valence-corrected chi connectivity index (χ3v) is 11.0. The van der Waals surface area contributed by atoms with Gasteiger partial charge in [0.05, 0.1) is 5.41 Å². The predicted molar refractivity (Wildman–Crippen MR) is 265 cm³/mol. The van der Waals surface area contributed by atoms with E-state index >= 15 is 0 Å². The van der Waals surface area contributed by atoms with Gasteiger partial charge in [-0.2, -0.15) is 0 Å². The van der Waals surface area contributed by atoms with Crippen LogP contribution in [0, 0.1) is 13.8 Å². The van der Waals surface area contributed by atoms with E-state index in [1.54, 1.807) is 6.20 Å². The van der Waals surface area contributed by atoms with Gasteiger partial charge in [-0.1, -0.05) is 203 Å². The number of hydrogen-bond donors (Lipinski definition) is 1. The largest absolute Gasteiger partial charge is 0.399 e. The van der Waals surface area contributed by atoms with E-state index in [0.29, 0.717) is 0 Å². The molecule has 0 unspecified atom stereocenters. The summed E-state index contributed by atoms with van der Waals surface area (Å²) in [7, 11) is 0. The minimum absolute atomic E-state index is 0.283. The third kappa shape index (κ3) is 9.89. The Labute approximate surface area is 365 Å². The van der Waals surface area contributed by atoms with Crippen molar-refractivity contribution in [3.05, 3.63) is 264 Å². The number of allylic oxidation sites excluding steroid dienone is 1. The van der Waals surface area contributed by atoms with Gasteiger partial charge in [0.25, 0.3) is 0 Å². The Morgan fingerprint density at radius 2 is 1.02 bits per heavy atom. The van der Waals surface area contributed by atoms with Crippen molar-refractivity contribution in [3.63, 3.8) is 0 Å². The molecule has 61 heavy (non-hydrogen) atoms. The second-order valence-corrected chi connectivity index (χ2v) is 14.4. The maximum atomic E-state index is 5.66. The quantitative estimate of drug-likeness (QED) is 0.170. The number of hydrogen-bond acceptors (Lipinski definition) is 2. The summed E-state index contributed by atoms with van der Waals surface area (Å²) in [4.78, 5) is 4.16. The molecule has 0 radical (unpaired) electrons. The summed E-state index contributed by atoms with van der Waals surface area (Å²) in [6, 6.07) is 66.6. The van der Waals surface area contributed by atoms with E-state index in [1.165, 1.54) is 66.8 Å². The molecule has 0 amide bonds. The molecule has 2 heteroatoms. The molecule has 306 valence electrons. The van der Waals surface area contributed by atoms with Crippen LogP contribution in [0.4, 0.5) is 0 Å². The lowest BCUT2D eigenvalue weighted by atomic mass is 9.64. The summed E-state index contributed by atoms with van der Waals surface area (Å²) in [6.45, 7) is 18.7. The van der Waals surface area contributed by atoms with Crippen molar-refractivity contribution < 1.29 is 0 Å². The number of rotatable bonds is 6. The average molecular weight is 797 g/mol. The fraction of sp³-hybridized carbons (Fsp3) is 0.136. The molecule has 0 saturated carbocycles. The summed E-state index contributed by atoms with van der Waals surface area (Å²) in [6.07, 6.45) is 6.61. The van der Waals surface area contributed by atoms with Crippen LogP contribution in [0.5, 0.6) is 0 Å². The van der Waals surface area contributed by atoms with E-state index in [9.17, 15) is 0 Å². The number of benzene rings is 7. The van der Waals surface area contributed by atoms with Crippen molar-refractivity contribution in [2.75, 3.05) is 0 Å². The van der Waals surface area contributed by atoms with Crippen molar-refractivity contribution >= 4 is 5.70 Å². The van der Waals surface area contributed by atoms with Crippen LogP contribution in [0.1, 0.15) is 72.2 Å². The van der Waals surface area contributed by atoms with Crippen LogP contribution in [-0.4, -0.2) is 4.98 Å². The normalized spacial score (nSPS) is 11.6. The summed E-state index contributed by atoms with van der Waals surface area (Å²) in [5, 5.41) is 0. The van der Waals surface area contributed by atoms with E-state index in [-0.39, 0.29) is 5.41 Å². The van der Waals surface area contributed by atoms with Gasteiger partial charge in [-0.25, -0.2) is 0 Å². The molecule has 0 spiro atoms. The Morgan fingerprint density at radius 1 is 0.541 bits per heavy atom. The van der Waals surface area contributed by atoms with Crippen LogP contribution < -0.4 is 5.73 Å². The van der Waals surface area contributed by atoms with Gasteiger partial charge in [0.2, 0.25) is 0 Å². The van der Waals surface area contributed by atoms with Crippen molar-refractivity contribution in [2.45, 2.75) is 53.4 Å². The van der Waals surface area contributed by atoms with Crippen molar-refractivity contribution in [1.82, 2.24) is 4.98 Å². The lowest BCUT2D eigenvalue weighted by Crippen LogP contribution is -2.31. The fourth-order valence-electron chi connectivity index (χ4n) is 8.27. The smallest absolute Gasteiger partial charge is 0.0721 e. The number of aromatic nitrogens is 1. The first-order valence-corrected chi connectivity index (χ1v) is 21.3. The van der Waals surface area contributed by atoms with Gasteiger partial charge in [-0.3, -0.25) is 4.98 Å². The van der Waals surface area contributed by atoms with Gasteiger partial charge in [0, 0.05) is 23.7 Å². The SMILES string of the molecule is C/C=C(\N)c1ccccc1.C=C.CC.CCc1cccc2c1C(c1ccccc1C)(c1ccccc1C)c1ccccc1-2.c1ccc(-c2cccc(-c3cccnc3)c2)cc1. The minimum Gasteiger partial charge on any atom is -0.399 e. The molecule has 0 bridgehead atoms. The number of nitrogens with two attached hydrogens (primary N) is 1. The first-order valence-electron chi connectivity index (χ1n) is 21.3. The van der Waals surface area contributed by atoms with E-state index in [0.717, 1.165) is 23.2 Å². The van der Waals surface area contributed by atoms with Gasteiger partial charge < -0.3 is 5.73 Å². The van der Waals surface area contributed by atoms with E-state index in [4.69, 9.17) is 5.73 Å². The number of aryl methyl sites for hydroxylation is 3. The first kappa shape index (κ1) is 45.1. The molecule has 0 fully saturated rings. The highest BCUT2D eigenvalue weighted by Gasteiger charge is 2.48. The van der Waals surface area contributed by atoms with Crippen LogP contribution in [0.25, 0.3) is 39.1 Å². The van der Waals surface area contributed by atoms with Crippen LogP contribution >= 0.6 is 0 Å². The molecular weight excluding hydrogens is 737 g/mol. The highest BCUT2D eigenvalue weighted by molar-refractivity contribution is 5.88. The molecular formula is C59H60N2. The Morgan fingerprint density at radius 3 is 1.57 bits per heavy atom. The van der Waals surface area contributed by atoms with Crippen molar-refractivity contribution in [3.8, 4) is 33.4 Å². The molecule has 2 N–H and O–H groups in total. The molecule has 2 nitrogen and oxygen atoms in total. The second kappa shape index (κ2) is 22.4. The maximum Gasteiger partial charge on any atom is 0.0721 e.